The summed E-state index contributed by atoms with van der Waals surface area (Å²) in [5.41, 5.74) is 0.448. The lowest BCUT2D eigenvalue weighted by atomic mass is 10.4. The molecule has 90 valence electrons. The summed E-state index contributed by atoms with van der Waals surface area (Å²) in [4.78, 5) is 20.7. The summed E-state index contributed by atoms with van der Waals surface area (Å²) in [6.45, 7) is 12.3. The average Bonchev–Trinajstić information content (AvgIpc) is 2.23. The monoisotopic (exact) mass is 217 g/mol. The molecule has 0 amide bonds. The fourth-order valence-electron chi connectivity index (χ4n) is 0.444. The molecular formula is C11H23NO3. The van der Waals surface area contributed by atoms with Crippen LogP contribution in [0.1, 0.15) is 20.8 Å². The Balaban J connectivity index is -0.000000318. The third-order valence-corrected chi connectivity index (χ3v) is 1.12. The van der Waals surface area contributed by atoms with Crippen LogP contribution in [-0.4, -0.2) is 44.9 Å². The minimum absolute atomic E-state index is 0.313. The largest absolute Gasteiger partial charge is 0.461 e. The highest BCUT2D eigenvalue weighted by atomic mass is 16.5. The highest BCUT2D eigenvalue weighted by Gasteiger charge is 2.01. The van der Waals surface area contributed by atoms with Crippen LogP contribution in [0.3, 0.4) is 0 Å². The summed E-state index contributed by atoms with van der Waals surface area (Å²) in [5, 5.41) is 0. The molecule has 0 spiro atoms. The van der Waals surface area contributed by atoms with E-state index >= 15 is 0 Å². The molecule has 0 aromatic heterocycles. The Morgan fingerprint density at radius 2 is 1.67 bits per heavy atom. The minimum Gasteiger partial charge on any atom is -0.461 e. The van der Waals surface area contributed by atoms with Crippen molar-refractivity contribution < 1.29 is 14.3 Å². The Morgan fingerprint density at radius 1 is 1.27 bits per heavy atom. The van der Waals surface area contributed by atoms with Crippen LogP contribution in [0.25, 0.3) is 0 Å². The van der Waals surface area contributed by atoms with Gasteiger partial charge in [0.25, 0.3) is 0 Å². The van der Waals surface area contributed by atoms with E-state index in [9.17, 15) is 4.79 Å². The van der Waals surface area contributed by atoms with E-state index in [4.69, 9.17) is 9.53 Å². The molecule has 0 aliphatic carbocycles. The molecule has 0 aliphatic heterocycles. The first kappa shape index (κ1) is 19.4. The molecule has 0 aliphatic rings. The van der Waals surface area contributed by atoms with E-state index in [0.29, 0.717) is 12.2 Å². The summed E-state index contributed by atoms with van der Waals surface area (Å²) in [7, 11) is 3.85. The van der Waals surface area contributed by atoms with Gasteiger partial charge in [0.2, 0.25) is 0 Å². The zero-order valence-electron chi connectivity index (χ0n) is 10.5. The molecule has 0 aromatic rings. The molecule has 0 fully saturated rings. The fourth-order valence-corrected chi connectivity index (χ4v) is 0.444. The van der Waals surface area contributed by atoms with Crippen molar-refractivity contribution in [3.8, 4) is 0 Å². The van der Waals surface area contributed by atoms with Crippen LogP contribution in [0.5, 0.6) is 0 Å². The summed E-state index contributed by atoms with van der Waals surface area (Å²) in [5.74, 6) is -0.313. The summed E-state index contributed by atoms with van der Waals surface area (Å²) in [6.07, 6.45) is 0. The smallest absolute Gasteiger partial charge is 0.333 e. The van der Waals surface area contributed by atoms with Crippen LogP contribution in [0.15, 0.2) is 12.2 Å². The van der Waals surface area contributed by atoms with Gasteiger partial charge in [0.1, 0.15) is 13.4 Å². The number of nitrogens with zero attached hydrogens (tertiary/aromatic N) is 1. The number of esters is 1. The number of rotatable bonds is 4. The average molecular weight is 217 g/mol. The topological polar surface area (TPSA) is 46.6 Å². The molecule has 0 saturated heterocycles. The second kappa shape index (κ2) is 15.3. The van der Waals surface area contributed by atoms with Crippen molar-refractivity contribution in [2.24, 2.45) is 0 Å². The molecule has 0 bridgehead atoms. The maximum Gasteiger partial charge on any atom is 0.333 e. The van der Waals surface area contributed by atoms with Crippen LogP contribution in [0.2, 0.25) is 0 Å². The second-order valence-corrected chi connectivity index (χ2v) is 2.72. The van der Waals surface area contributed by atoms with E-state index in [1.165, 1.54) is 0 Å². The Morgan fingerprint density at radius 3 is 1.93 bits per heavy atom. The molecule has 0 N–H and O–H groups in total. The van der Waals surface area contributed by atoms with E-state index in [0.717, 1.165) is 6.54 Å². The molecule has 0 radical (unpaired) electrons. The summed E-state index contributed by atoms with van der Waals surface area (Å²) < 4.78 is 4.83. The lowest BCUT2D eigenvalue weighted by Crippen LogP contribution is -2.20. The van der Waals surface area contributed by atoms with Crippen molar-refractivity contribution in [2.45, 2.75) is 20.8 Å². The Hall–Kier alpha value is -1.16. The predicted molar refractivity (Wildman–Crippen MR) is 62.8 cm³/mol. The number of hydrogen-bond donors (Lipinski definition) is 0. The van der Waals surface area contributed by atoms with Gasteiger partial charge >= 0.3 is 5.97 Å². The van der Waals surface area contributed by atoms with Crippen molar-refractivity contribution >= 4 is 12.8 Å². The van der Waals surface area contributed by atoms with Gasteiger partial charge in [0.05, 0.1) is 0 Å². The molecule has 4 heteroatoms. The van der Waals surface area contributed by atoms with Crippen LogP contribution in [0.4, 0.5) is 0 Å². The van der Waals surface area contributed by atoms with Crippen molar-refractivity contribution in [2.75, 3.05) is 27.2 Å². The van der Waals surface area contributed by atoms with Crippen molar-refractivity contribution in [3.05, 3.63) is 12.2 Å². The Labute approximate surface area is 92.9 Å². The highest BCUT2D eigenvalue weighted by molar-refractivity contribution is 5.86. The van der Waals surface area contributed by atoms with Gasteiger partial charge in [-0.1, -0.05) is 20.4 Å². The Bertz CT molecular complexity index is 167. The first-order chi connectivity index (χ1) is 7.04. The quantitative estimate of drug-likeness (QED) is 0.529. The lowest BCUT2D eigenvalue weighted by molar-refractivity contribution is -0.139. The summed E-state index contributed by atoms with van der Waals surface area (Å²) >= 11 is 0. The number of carbonyl (C=O) groups is 2. The van der Waals surface area contributed by atoms with E-state index in [-0.39, 0.29) is 5.97 Å². The van der Waals surface area contributed by atoms with Gasteiger partial charge in [-0.2, -0.15) is 0 Å². The standard InChI is InChI=1S/C8H15NO2.C2H6.CH2O/c1-7(2)8(10)11-6-5-9(3)4;2*1-2/h1,5-6H2,2-4H3;1-2H3;1H2. The SMILES string of the molecule is C=C(C)C(=O)OCCN(C)C.C=O.CC. The Kier molecular flexibility index (Phi) is 19.8. The number of hydrogen-bond acceptors (Lipinski definition) is 4. The van der Waals surface area contributed by atoms with Gasteiger partial charge in [-0.3, -0.25) is 0 Å². The van der Waals surface area contributed by atoms with E-state index < -0.39 is 0 Å². The van der Waals surface area contributed by atoms with Crippen molar-refractivity contribution in [1.82, 2.24) is 4.90 Å². The second-order valence-electron chi connectivity index (χ2n) is 2.72. The molecule has 0 rings (SSSR count). The van der Waals surface area contributed by atoms with Gasteiger partial charge in [0.15, 0.2) is 0 Å². The predicted octanol–water partition coefficient (Wildman–Crippen LogP) is 1.51. The molecule has 0 saturated carbocycles. The number of carbonyl (C=O) groups excluding carboxylic acids is 2. The zero-order chi connectivity index (χ0) is 12.9. The lowest BCUT2D eigenvalue weighted by Gasteiger charge is -2.09. The van der Waals surface area contributed by atoms with Crippen molar-refractivity contribution in [3.63, 3.8) is 0 Å². The van der Waals surface area contributed by atoms with Gasteiger partial charge < -0.3 is 14.4 Å². The maximum absolute atomic E-state index is 10.8. The maximum atomic E-state index is 10.8. The van der Waals surface area contributed by atoms with Gasteiger partial charge in [-0.15, -0.1) is 0 Å². The van der Waals surface area contributed by atoms with E-state index in [1.54, 1.807) is 6.92 Å². The number of ether oxygens (including phenoxy) is 1. The fraction of sp³-hybridized carbons (Fsp3) is 0.636. The van der Waals surface area contributed by atoms with Crippen LogP contribution < -0.4 is 0 Å². The molecule has 0 atom stereocenters. The van der Waals surface area contributed by atoms with Crippen LogP contribution in [-0.2, 0) is 14.3 Å². The molecule has 0 heterocycles. The molecular weight excluding hydrogens is 194 g/mol. The minimum atomic E-state index is -0.313. The molecule has 15 heavy (non-hydrogen) atoms. The third-order valence-electron chi connectivity index (χ3n) is 1.12. The molecule has 4 nitrogen and oxygen atoms in total. The van der Waals surface area contributed by atoms with Gasteiger partial charge in [-0.05, 0) is 21.0 Å². The zero-order valence-corrected chi connectivity index (χ0v) is 10.5. The number of likely N-dealkylation sites (N-methyl/N-ethyl adjacent to an activating group) is 1. The van der Waals surface area contributed by atoms with Gasteiger partial charge in [-0.25, -0.2) is 4.79 Å². The third kappa shape index (κ3) is 19.3. The van der Waals surface area contributed by atoms with Gasteiger partial charge in [0, 0.05) is 12.1 Å². The normalized spacial score (nSPS) is 7.87. The van der Waals surface area contributed by atoms with Crippen molar-refractivity contribution in [1.29, 1.82) is 0 Å². The van der Waals surface area contributed by atoms with E-state index in [1.807, 2.05) is 39.6 Å². The first-order valence-corrected chi connectivity index (χ1v) is 4.80. The molecule has 0 aromatic carbocycles. The first-order valence-electron chi connectivity index (χ1n) is 4.80. The molecule has 0 unspecified atom stereocenters. The van der Waals surface area contributed by atoms with Crippen LogP contribution >= 0.6 is 0 Å². The summed E-state index contributed by atoms with van der Waals surface area (Å²) in [6, 6.07) is 0. The van der Waals surface area contributed by atoms with E-state index in [2.05, 4.69) is 6.58 Å². The highest BCUT2D eigenvalue weighted by Crippen LogP contribution is 1.91. The van der Waals surface area contributed by atoms with Crippen LogP contribution in [0, 0.1) is 0 Å².